The average molecular weight is 433 g/mol. The van der Waals surface area contributed by atoms with Gasteiger partial charge in [-0.2, -0.15) is 5.10 Å². The minimum absolute atomic E-state index is 0.104. The van der Waals surface area contributed by atoms with Crippen molar-refractivity contribution in [3.8, 4) is 21.8 Å². The summed E-state index contributed by atoms with van der Waals surface area (Å²) in [5.41, 5.74) is 3.67. The van der Waals surface area contributed by atoms with Gasteiger partial charge in [-0.05, 0) is 61.9 Å². The minimum atomic E-state index is -0.104. The maximum absolute atomic E-state index is 12.7. The number of carbonyl (C=O) groups excluding carboxylic acids is 1. The minimum Gasteiger partial charge on any atom is -0.350 e. The molecule has 1 fully saturated rings. The second kappa shape index (κ2) is 8.56. The molecule has 1 saturated carbocycles. The van der Waals surface area contributed by atoms with Crippen molar-refractivity contribution in [2.75, 3.05) is 13.1 Å². The number of pyridine rings is 1. The van der Waals surface area contributed by atoms with Gasteiger partial charge in [-0.15, -0.1) is 11.3 Å². The van der Waals surface area contributed by atoms with Crippen LogP contribution in [-0.2, 0) is 0 Å². The molecular formula is C23H24N6OS. The first-order valence-electron chi connectivity index (χ1n) is 10.5. The first kappa shape index (κ1) is 19.8. The Bertz CT molecular complexity index is 1200. The number of rotatable bonds is 8. The van der Waals surface area contributed by atoms with Gasteiger partial charge in [-0.25, -0.2) is 9.50 Å². The number of aromatic nitrogens is 4. The van der Waals surface area contributed by atoms with Crippen molar-refractivity contribution in [3.63, 3.8) is 0 Å². The number of nitrogens with one attached hydrogen (secondary N) is 2. The first-order chi connectivity index (χ1) is 15.2. The highest BCUT2D eigenvalue weighted by Crippen LogP contribution is 2.28. The van der Waals surface area contributed by atoms with Gasteiger partial charge in [0.15, 0.2) is 5.65 Å². The Morgan fingerprint density at radius 1 is 1.29 bits per heavy atom. The third kappa shape index (κ3) is 4.50. The van der Waals surface area contributed by atoms with Crippen LogP contribution >= 0.6 is 11.3 Å². The predicted octanol–water partition coefficient (Wildman–Crippen LogP) is 3.64. The Morgan fingerprint density at radius 2 is 2.19 bits per heavy atom. The van der Waals surface area contributed by atoms with Crippen LogP contribution in [-0.4, -0.2) is 44.6 Å². The standard InChI is InChI=1S/C23H24N6OS/c1-15(25-13-16-4-5-16)12-26-23(30)17-6-8-24-20(11-17)18-14-27-29-9-7-19(28-22(18)29)21-3-2-10-31-21/h2-3,6-11,14-16,25H,4-5,12-13H2,1H3,(H,26,30)/t15-/m0/s1. The lowest BCUT2D eigenvalue weighted by molar-refractivity contribution is 0.0950. The molecule has 158 valence electrons. The molecule has 7 nitrogen and oxygen atoms in total. The zero-order chi connectivity index (χ0) is 21.2. The van der Waals surface area contributed by atoms with Crippen molar-refractivity contribution < 1.29 is 4.79 Å². The molecular weight excluding hydrogens is 408 g/mol. The van der Waals surface area contributed by atoms with Crippen molar-refractivity contribution in [2.24, 2.45) is 5.92 Å². The van der Waals surface area contributed by atoms with Gasteiger partial charge in [0.2, 0.25) is 0 Å². The van der Waals surface area contributed by atoms with E-state index in [1.807, 2.05) is 29.8 Å². The van der Waals surface area contributed by atoms with Crippen molar-refractivity contribution in [2.45, 2.75) is 25.8 Å². The maximum atomic E-state index is 12.7. The number of fused-ring (bicyclic) bond motifs is 1. The summed E-state index contributed by atoms with van der Waals surface area (Å²) in [6, 6.07) is 9.78. The Hall–Kier alpha value is -3.10. The van der Waals surface area contributed by atoms with Gasteiger partial charge in [0.1, 0.15) is 0 Å². The van der Waals surface area contributed by atoms with Crippen molar-refractivity contribution in [3.05, 3.63) is 59.9 Å². The number of thiophene rings is 1. The second-order valence-electron chi connectivity index (χ2n) is 8.01. The second-order valence-corrected chi connectivity index (χ2v) is 8.96. The van der Waals surface area contributed by atoms with Crippen LogP contribution in [0.15, 0.2) is 54.3 Å². The predicted molar refractivity (Wildman–Crippen MR) is 122 cm³/mol. The lowest BCUT2D eigenvalue weighted by Gasteiger charge is -2.14. The van der Waals surface area contributed by atoms with Gasteiger partial charge in [0.25, 0.3) is 5.91 Å². The number of hydrogen-bond donors (Lipinski definition) is 2. The van der Waals surface area contributed by atoms with E-state index >= 15 is 0 Å². The zero-order valence-corrected chi connectivity index (χ0v) is 18.1. The molecule has 1 atom stereocenters. The molecule has 2 N–H and O–H groups in total. The lowest BCUT2D eigenvalue weighted by atomic mass is 10.1. The molecule has 0 unspecified atom stereocenters. The van der Waals surface area contributed by atoms with Gasteiger partial charge in [-0.1, -0.05) is 6.07 Å². The topological polar surface area (TPSA) is 84.2 Å². The molecule has 1 aliphatic rings. The highest BCUT2D eigenvalue weighted by Gasteiger charge is 2.21. The van der Waals surface area contributed by atoms with Crippen molar-refractivity contribution in [1.82, 2.24) is 30.2 Å². The van der Waals surface area contributed by atoms with E-state index in [1.54, 1.807) is 40.4 Å². The van der Waals surface area contributed by atoms with Crippen LogP contribution < -0.4 is 10.6 Å². The van der Waals surface area contributed by atoms with E-state index in [0.29, 0.717) is 23.4 Å². The van der Waals surface area contributed by atoms with Crippen LogP contribution in [0.4, 0.5) is 0 Å². The largest absolute Gasteiger partial charge is 0.350 e. The molecule has 0 bridgehead atoms. The molecule has 0 aliphatic heterocycles. The summed E-state index contributed by atoms with van der Waals surface area (Å²) in [7, 11) is 0. The highest BCUT2D eigenvalue weighted by atomic mass is 32.1. The highest BCUT2D eigenvalue weighted by molar-refractivity contribution is 7.13. The molecule has 0 spiro atoms. The summed E-state index contributed by atoms with van der Waals surface area (Å²) in [5.74, 6) is 0.716. The van der Waals surface area contributed by atoms with E-state index < -0.39 is 0 Å². The number of nitrogens with zero attached hydrogens (tertiary/aromatic N) is 4. The van der Waals surface area contributed by atoms with Crippen molar-refractivity contribution >= 4 is 22.9 Å². The van der Waals surface area contributed by atoms with Crippen LogP contribution in [0, 0.1) is 5.92 Å². The number of carbonyl (C=O) groups is 1. The molecule has 1 amide bonds. The summed E-state index contributed by atoms with van der Waals surface area (Å²) in [6.07, 6.45) is 7.94. The molecule has 4 aromatic heterocycles. The van der Waals surface area contributed by atoms with E-state index in [0.717, 1.165) is 28.6 Å². The molecule has 4 heterocycles. The quantitative estimate of drug-likeness (QED) is 0.444. The van der Waals surface area contributed by atoms with Gasteiger partial charge < -0.3 is 10.6 Å². The van der Waals surface area contributed by atoms with E-state index in [1.165, 1.54) is 12.8 Å². The Kier molecular flexibility index (Phi) is 5.48. The first-order valence-corrected chi connectivity index (χ1v) is 11.4. The number of hydrogen-bond acceptors (Lipinski definition) is 6. The maximum Gasteiger partial charge on any atom is 0.251 e. The van der Waals surface area contributed by atoms with Crippen LogP contribution in [0.5, 0.6) is 0 Å². The zero-order valence-electron chi connectivity index (χ0n) is 17.3. The monoisotopic (exact) mass is 432 g/mol. The lowest BCUT2D eigenvalue weighted by Crippen LogP contribution is -2.39. The van der Waals surface area contributed by atoms with Crippen molar-refractivity contribution in [1.29, 1.82) is 0 Å². The fourth-order valence-electron chi connectivity index (χ4n) is 3.44. The van der Waals surface area contributed by atoms with E-state index in [9.17, 15) is 4.79 Å². The Morgan fingerprint density at radius 3 is 3.00 bits per heavy atom. The molecule has 8 heteroatoms. The summed E-state index contributed by atoms with van der Waals surface area (Å²) < 4.78 is 1.73. The van der Waals surface area contributed by atoms with Crippen LogP contribution in [0.2, 0.25) is 0 Å². The molecule has 0 saturated heterocycles. The summed E-state index contributed by atoms with van der Waals surface area (Å²) >= 11 is 1.65. The molecule has 4 aromatic rings. The molecule has 1 aliphatic carbocycles. The Balaban J connectivity index is 1.34. The van der Waals surface area contributed by atoms with Gasteiger partial charge >= 0.3 is 0 Å². The normalized spacial score (nSPS) is 14.6. The average Bonchev–Trinajstić information content (AvgIpc) is 3.29. The Labute approximate surface area is 184 Å². The van der Waals surface area contributed by atoms with Gasteiger partial charge in [-0.3, -0.25) is 9.78 Å². The fraction of sp³-hybridized carbons (Fsp3) is 0.304. The molecule has 31 heavy (non-hydrogen) atoms. The van der Waals surface area contributed by atoms with E-state index in [2.05, 4.69) is 27.6 Å². The summed E-state index contributed by atoms with van der Waals surface area (Å²) in [4.78, 5) is 23.1. The smallest absolute Gasteiger partial charge is 0.251 e. The van der Waals surface area contributed by atoms with Gasteiger partial charge in [0.05, 0.1) is 28.0 Å². The van der Waals surface area contributed by atoms with Crippen LogP contribution in [0.3, 0.4) is 0 Å². The van der Waals surface area contributed by atoms with Crippen LogP contribution in [0.25, 0.3) is 27.5 Å². The molecule has 0 radical (unpaired) electrons. The molecule has 5 rings (SSSR count). The van der Waals surface area contributed by atoms with E-state index in [4.69, 9.17) is 4.98 Å². The summed E-state index contributed by atoms with van der Waals surface area (Å²) in [5, 5.41) is 12.9. The number of amides is 1. The SMILES string of the molecule is C[C@@H](CNC(=O)c1ccnc(-c2cnn3ccc(-c4cccs4)nc23)c1)NCC1CC1. The fourth-order valence-corrected chi connectivity index (χ4v) is 4.14. The third-order valence-electron chi connectivity index (χ3n) is 5.46. The van der Waals surface area contributed by atoms with Crippen LogP contribution in [0.1, 0.15) is 30.1 Å². The third-order valence-corrected chi connectivity index (χ3v) is 6.35. The van der Waals surface area contributed by atoms with Gasteiger partial charge in [0, 0.05) is 30.5 Å². The molecule has 0 aromatic carbocycles. The van der Waals surface area contributed by atoms with E-state index in [-0.39, 0.29) is 11.9 Å². The summed E-state index contributed by atoms with van der Waals surface area (Å²) in [6.45, 7) is 3.72.